The minimum atomic E-state index is -0.253. The highest BCUT2D eigenvalue weighted by Crippen LogP contribution is 2.14. The van der Waals surface area contributed by atoms with Crippen molar-refractivity contribution < 1.29 is 9.18 Å². The first-order valence-electron chi connectivity index (χ1n) is 8.78. The Morgan fingerprint density at radius 3 is 2.52 bits per heavy atom. The van der Waals surface area contributed by atoms with Gasteiger partial charge in [0.15, 0.2) is 5.96 Å². The number of halogens is 2. The highest BCUT2D eigenvalue weighted by Gasteiger charge is 2.09. The van der Waals surface area contributed by atoms with Crippen LogP contribution >= 0.6 is 11.6 Å². The third kappa shape index (κ3) is 6.57. The second kappa shape index (κ2) is 10.5. The van der Waals surface area contributed by atoms with Crippen molar-refractivity contribution in [2.75, 3.05) is 26.7 Å². The van der Waals surface area contributed by atoms with Gasteiger partial charge in [0.05, 0.1) is 17.1 Å². The van der Waals surface area contributed by atoms with Gasteiger partial charge in [0, 0.05) is 26.7 Å². The van der Waals surface area contributed by atoms with Crippen molar-refractivity contribution >= 4 is 23.5 Å². The topological polar surface area (TPSA) is 56.7 Å². The maximum absolute atomic E-state index is 13.0. The van der Waals surface area contributed by atoms with E-state index in [0.717, 1.165) is 12.1 Å². The highest BCUT2D eigenvalue weighted by atomic mass is 35.5. The van der Waals surface area contributed by atoms with Crippen LogP contribution in [-0.4, -0.2) is 43.4 Å². The van der Waals surface area contributed by atoms with Crippen molar-refractivity contribution in [2.45, 2.75) is 13.5 Å². The summed E-state index contributed by atoms with van der Waals surface area (Å²) in [5.74, 6) is 0.241. The lowest BCUT2D eigenvalue weighted by molar-refractivity contribution is 0.0955. The van der Waals surface area contributed by atoms with E-state index in [1.165, 1.54) is 12.1 Å². The quantitative estimate of drug-likeness (QED) is 0.433. The summed E-state index contributed by atoms with van der Waals surface area (Å²) in [6.07, 6.45) is 0. The van der Waals surface area contributed by atoms with Gasteiger partial charge in [-0.1, -0.05) is 35.9 Å². The number of aliphatic imine (C=N–C) groups is 1. The zero-order valence-electron chi connectivity index (χ0n) is 15.5. The Kier molecular flexibility index (Phi) is 8.07. The zero-order chi connectivity index (χ0) is 19.6. The van der Waals surface area contributed by atoms with Crippen molar-refractivity contribution in [1.82, 2.24) is 15.5 Å². The molecule has 2 rings (SSSR count). The van der Waals surface area contributed by atoms with Crippen molar-refractivity contribution in [2.24, 2.45) is 4.99 Å². The van der Waals surface area contributed by atoms with E-state index in [0.29, 0.717) is 36.2 Å². The Morgan fingerprint density at radius 2 is 1.85 bits per heavy atom. The molecule has 0 radical (unpaired) electrons. The first kappa shape index (κ1) is 20.7. The molecule has 0 saturated carbocycles. The van der Waals surface area contributed by atoms with Crippen LogP contribution in [0.1, 0.15) is 22.8 Å². The average molecular weight is 391 g/mol. The van der Waals surface area contributed by atoms with E-state index in [9.17, 15) is 9.18 Å². The van der Waals surface area contributed by atoms with Gasteiger partial charge in [0.25, 0.3) is 5.91 Å². The molecule has 0 aliphatic heterocycles. The maximum atomic E-state index is 13.0. The van der Waals surface area contributed by atoms with Crippen LogP contribution in [0.2, 0.25) is 5.02 Å². The number of carbonyl (C=O) groups excluding carboxylic acids is 1. The van der Waals surface area contributed by atoms with E-state index in [4.69, 9.17) is 11.6 Å². The molecule has 2 aromatic rings. The SMILES string of the molecule is CCNC(=NCCNC(=O)c1ccccc1Cl)N(C)Cc1ccc(F)cc1. The molecule has 0 unspecified atom stereocenters. The van der Waals surface area contributed by atoms with E-state index in [2.05, 4.69) is 15.6 Å². The largest absolute Gasteiger partial charge is 0.357 e. The van der Waals surface area contributed by atoms with E-state index in [1.54, 1.807) is 36.4 Å². The van der Waals surface area contributed by atoms with Crippen molar-refractivity contribution in [3.8, 4) is 0 Å². The van der Waals surface area contributed by atoms with E-state index in [1.807, 2.05) is 18.9 Å². The lowest BCUT2D eigenvalue weighted by atomic mass is 10.2. The summed E-state index contributed by atoms with van der Waals surface area (Å²) in [6, 6.07) is 13.3. The first-order chi connectivity index (χ1) is 13.0. The fraction of sp³-hybridized carbons (Fsp3) is 0.300. The number of hydrogen-bond acceptors (Lipinski definition) is 2. The smallest absolute Gasteiger partial charge is 0.252 e. The third-order valence-corrected chi connectivity index (χ3v) is 4.14. The molecule has 5 nitrogen and oxygen atoms in total. The van der Waals surface area contributed by atoms with Crippen LogP contribution in [0.15, 0.2) is 53.5 Å². The number of rotatable bonds is 7. The predicted molar refractivity (Wildman–Crippen MR) is 108 cm³/mol. The number of amides is 1. The second-order valence-corrected chi connectivity index (χ2v) is 6.36. The molecular weight excluding hydrogens is 367 g/mol. The molecule has 2 N–H and O–H groups in total. The van der Waals surface area contributed by atoms with Crippen LogP contribution in [-0.2, 0) is 6.54 Å². The van der Waals surface area contributed by atoms with Crippen LogP contribution in [0, 0.1) is 5.82 Å². The molecule has 27 heavy (non-hydrogen) atoms. The number of nitrogens with zero attached hydrogens (tertiary/aromatic N) is 2. The van der Waals surface area contributed by atoms with Gasteiger partial charge in [0.1, 0.15) is 5.82 Å². The van der Waals surface area contributed by atoms with Crippen LogP contribution < -0.4 is 10.6 Å². The molecule has 0 bridgehead atoms. The van der Waals surface area contributed by atoms with E-state index in [-0.39, 0.29) is 11.7 Å². The molecule has 0 saturated heterocycles. The molecule has 0 aliphatic carbocycles. The molecule has 0 spiro atoms. The number of guanidine groups is 1. The number of carbonyl (C=O) groups is 1. The van der Waals surface area contributed by atoms with Gasteiger partial charge in [-0.15, -0.1) is 0 Å². The molecule has 2 aromatic carbocycles. The number of benzene rings is 2. The highest BCUT2D eigenvalue weighted by molar-refractivity contribution is 6.33. The summed E-state index contributed by atoms with van der Waals surface area (Å²) in [5.41, 5.74) is 1.43. The van der Waals surface area contributed by atoms with Gasteiger partial charge in [-0.3, -0.25) is 9.79 Å². The summed E-state index contributed by atoms with van der Waals surface area (Å²) < 4.78 is 13.0. The third-order valence-electron chi connectivity index (χ3n) is 3.81. The minimum Gasteiger partial charge on any atom is -0.357 e. The number of hydrogen-bond donors (Lipinski definition) is 2. The Morgan fingerprint density at radius 1 is 1.15 bits per heavy atom. The van der Waals surface area contributed by atoms with Crippen LogP contribution in [0.4, 0.5) is 4.39 Å². The van der Waals surface area contributed by atoms with Crippen molar-refractivity contribution in [3.05, 3.63) is 70.5 Å². The molecule has 7 heteroatoms. The van der Waals surface area contributed by atoms with Crippen LogP contribution in [0.25, 0.3) is 0 Å². The molecule has 0 fully saturated rings. The van der Waals surface area contributed by atoms with Gasteiger partial charge in [-0.05, 0) is 36.8 Å². The molecule has 0 heterocycles. The maximum Gasteiger partial charge on any atom is 0.252 e. The standard InChI is InChI=1S/C20H24ClFN4O/c1-3-23-20(26(2)14-15-8-10-16(22)11-9-15)25-13-12-24-19(27)17-6-4-5-7-18(17)21/h4-11H,3,12-14H2,1-2H3,(H,23,25)(H,24,27). The van der Waals surface area contributed by atoms with Gasteiger partial charge >= 0.3 is 0 Å². The van der Waals surface area contributed by atoms with Crippen molar-refractivity contribution in [3.63, 3.8) is 0 Å². The molecule has 0 atom stereocenters. The van der Waals surface area contributed by atoms with E-state index >= 15 is 0 Å². The zero-order valence-corrected chi connectivity index (χ0v) is 16.3. The lowest BCUT2D eigenvalue weighted by Gasteiger charge is -2.22. The second-order valence-electron chi connectivity index (χ2n) is 5.95. The lowest BCUT2D eigenvalue weighted by Crippen LogP contribution is -2.39. The molecule has 144 valence electrons. The van der Waals surface area contributed by atoms with Gasteiger partial charge < -0.3 is 15.5 Å². The van der Waals surface area contributed by atoms with Crippen LogP contribution in [0.5, 0.6) is 0 Å². The molecule has 0 aromatic heterocycles. The minimum absolute atomic E-state index is 0.222. The number of nitrogens with one attached hydrogen (secondary N) is 2. The average Bonchev–Trinajstić information content (AvgIpc) is 2.66. The molecular formula is C20H24ClFN4O. The molecule has 1 amide bonds. The Labute approximate surface area is 164 Å². The fourth-order valence-electron chi connectivity index (χ4n) is 2.48. The fourth-order valence-corrected chi connectivity index (χ4v) is 2.70. The summed E-state index contributed by atoms with van der Waals surface area (Å²) in [4.78, 5) is 18.6. The van der Waals surface area contributed by atoms with E-state index < -0.39 is 0 Å². The summed E-state index contributed by atoms with van der Waals surface area (Å²) in [5, 5.41) is 6.45. The summed E-state index contributed by atoms with van der Waals surface area (Å²) in [7, 11) is 1.91. The Balaban J connectivity index is 1.89. The monoisotopic (exact) mass is 390 g/mol. The first-order valence-corrected chi connectivity index (χ1v) is 9.15. The van der Waals surface area contributed by atoms with Crippen molar-refractivity contribution in [1.29, 1.82) is 0 Å². The Bertz CT molecular complexity index is 780. The predicted octanol–water partition coefficient (Wildman–Crippen LogP) is 3.31. The normalized spacial score (nSPS) is 11.2. The van der Waals surface area contributed by atoms with Crippen LogP contribution in [0.3, 0.4) is 0 Å². The van der Waals surface area contributed by atoms with Gasteiger partial charge in [-0.2, -0.15) is 0 Å². The molecule has 0 aliphatic rings. The Hall–Kier alpha value is -2.60. The van der Waals surface area contributed by atoms with Gasteiger partial charge in [-0.25, -0.2) is 4.39 Å². The summed E-state index contributed by atoms with van der Waals surface area (Å²) in [6.45, 7) is 4.12. The summed E-state index contributed by atoms with van der Waals surface area (Å²) >= 11 is 6.02. The van der Waals surface area contributed by atoms with Gasteiger partial charge in [0.2, 0.25) is 0 Å².